The number of nitro benzene ring substituents is 1. The van der Waals surface area contributed by atoms with E-state index >= 15 is 0 Å². The van der Waals surface area contributed by atoms with Gasteiger partial charge in [-0.25, -0.2) is 4.39 Å². The Balaban J connectivity index is 1.78. The van der Waals surface area contributed by atoms with Crippen LogP contribution in [0, 0.1) is 15.9 Å². The lowest BCUT2D eigenvalue weighted by atomic mass is 10.0. The van der Waals surface area contributed by atoms with Crippen molar-refractivity contribution in [2.24, 2.45) is 0 Å². The number of nitro groups is 1. The van der Waals surface area contributed by atoms with Crippen molar-refractivity contribution in [1.29, 1.82) is 0 Å². The standard InChI is InChI=1S/C21H20FN3O2/c22-19-9-2-1-6-17(19)15-24-13-5-12-23-11-4-10-20(23)21(24)16-7-3-8-18(14-16)25(26)27/h1-4,6-11,14,21H,5,12-13,15H2. The van der Waals surface area contributed by atoms with Crippen LogP contribution in [-0.2, 0) is 13.1 Å². The van der Waals surface area contributed by atoms with Crippen LogP contribution in [-0.4, -0.2) is 20.9 Å². The van der Waals surface area contributed by atoms with Crippen molar-refractivity contribution in [3.05, 3.63) is 99.6 Å². The maximum atomic E-state index is 14.3. The first-order chi connectivity index (χ1) is 13.1. The van der Waals surface area contributed by atoms with E-state index in [0.29, 0.717) is 12.1 Å². The van der Waals surface area contributed by atoms with Gasteiger partial charge >= 0.3 is 0 Å². The fourth-order valence-electron chi connectivity index (χ4n) is 3.85. The summed E-state index contributed by atoms with van der Waals surface area (Å²) in [5.74, 6) is -0.227. The average Bonchev–Trinajstić information content (AvgIpc) is 3.05. The van der Waals surface area contributed by atoms with E-state index in [9.17, 15) is 14.5 Å². The van der Waals surface area contributed by atoms with Crippen LogP contribution in [0.5, 0.6) is 0 Å². The number of non-ortho nitro benzene ring substituents is 1. The molecule has 6 heteroatoms. The Kier molecular flexibility index (Phi) is 4.73. The van der Waals surface area contributed by atoms with E-state index in [1.165, 1.54) is 12.1 Å². The molecular formula is C21H20FN3O2. The molecule has 0 radical (unpaired) electrons. The van der Waals surface area contributed by atoms with Crippen LogP contribution in [0.1, 0.15) is 29.3 Å². The van der Waals surface area contributed by atoms with Crippen molar-refractivity contribution >= 4 is 5.69 Å². The minimum Gasteiger partial charge on any atom is -0.350 e. The molecule has 0 amide bonds. The molecule has 138 valence electrons. The van der Waals surface area contributed by atoms with Crippen molar-refractivity contribution in [2.75, 3.05) is 6.54 Å². The van der Waals surface area contributed by atoms with Gasteiger partial charge in [-0.05, 0) is 30.2 Å². The van der Waals surface area contributed by atoms with Crippen molar-refractivity contribution in [3.63, 3.8) is 0 Å². The van der Waals surface area contributed by atoms with Gasteiger partial charge in [-0.2, -0.15) is 0 Å². The van der Waals surface area contributed by atoms with Gasteiger partial charge in [0.15, 0.2) is 0 Å². The van der Waals surface area contributed by atoms with Gasteiger partial charge in [0, 0.05) is 49.2 Å². The molecule has 1 unspecified atom stereocenters. The van der Waals surface area contributed by atoms with Crippen molar-refractivity contribution < 1.29 is 9.31 Å². The maximum Gasteiger partial charge on any atom is 0.269 e. The molecule has 0 aliphatic carbocycles. The first kappa shape index (κ1) is 17.4. The lowest BCUT2D eigenvalue weighted by molar-refractivity contribution is -0.384. The molecular weight excluding hydrogens is 345 g/mol. The number of halogens is 1. The molecule has 2 heterocycles. The third-order valence-corrected chi connectivity index (χ3v) is 5.08. The molecule has 4 rings (SSSR count). The van der Waals surface area contributed by atoms with Crippen LogP contribution in [0.2, 0.25) is 0 Å². The second kappa shape index (κ2) is 7.32. The predicted octanol–water partition coefficient (Wildman–Crippen LogP) is 4.53. The number of aryl methyl sites for hydroxylation is 1. The van der Waals surface area contributed by atoms with E-state index in [1.54, 1.807) is 24.3 Å². The van der Waals surface area contributed by atoms with Gasteiger partial charge in [0.25, 0.3) is 5.69 Å². The second-order valence-electron chi connectivity index (χ2n) is 6.80. The Bertz CT molecular complexity index is 969. The highest BCUT2D eigenvalue weighted by Gasteiger charge is 2.28. The molecule has 27 heavy (non-hydrogen) atoms. The molecule has 0 saturated heterocycles. The largest absolute Gasteiger partial charge is 0.350 e. The fraction of sp³-hybridized carbons (Fsp3) is 0.238. The number of fused-ring (bicyclic) bond motifs is 1. The number of aromatic nitrogens is 1. The molecule has 0 fully saturated rings. The maximum absolute atomic E-state index is 14.3. The van der Waals surface area contributed by atoms with E-state index in [0.717, 1.165) is 30.8 Å². The zero-order chi connectivity index (χ0) is 18.8. The Hall–Kier alpha value is -2.99. The highest BCUT2D eigenvalue weighted by molar-refractivity contribution is 5.39. The molecule has 0 N–H and O–H groups in total. The van der Waals surface area contributed by atoms with Gasteiger partial charge < -0.3 is 4.57 Å². The zero-order valence-electron chi connectivity index (χ0n) is 14.8. The minimum atomic E-state index is -0.375. The van der Waals surface area contributed by atoms with E-state index in [-0.39, 0.29) is 22.5 Å². The predicted molar refractivity (Wildman–Crippen MR) is 101 cm³/mol. The number of hydrogen-bond donors (Lipinski definition) is 0. The summed E-state index contributed by atoms with van der Waals surface area (Å²) in [6.07, 6.45) is 2.97. The Labute approximate surface area is 156 Å². The van der Waals surface area contributed by atoms with Gasteiger partial charge in [0.2, 0.25) is 0 Å². The first-order valence-electron chi connectivity index (χ1n) is 9.00. The molecule has 2 aromatic carbocycles. The van der Waals surface area contributed by atoms with Gasteiger partial charge in [-0.15, -0.1) is 0 Å². The molecule has 5 nitrogen and oxygen atoms in total. The van der Waals surface area contributed by atoms with E-state index < -0.39 is 0 Å². The van der Waals surface area contributed by atoms with Crippen LogP contribution >= 0.6 is 0 Å². The molecule has 0 bridgehead atoms. The summed E-state index contributed by atoms with van der Waals surface area (Å²) in [6.45, 7) is 2.11. The fourth-order valence-corrected chi connectivity index (χ4v) is 3.85. The van der Waals surface area contributed by atoms with E-state index in [1.807, 2.05) is 30.5 Å². The lowest BCUT2D eigenvalue weighted by Crippen LogP contribution is -2.30. The number of benzene rings is 2. The summed E-state index contributed by atoms with van der Waals surface area (Å²) in [4.78, 5) is 13.1. The second-order valence-corrected chi connectivity index (χ2v) is 6.80. The Morgan fingerprint density at radius 3 is 2.74 bits per heavy atom. The van der Waals surface area contributed by atoms with Crippen LogP contribution in [0.25, 0.3) is 0 Å². The lowest BCUT2D eigenvalue weighted by Gasteiger charge is -2.30. The van der Waals surface area contributed by atoms with Gasteiger partial charge in [-0.3, -0.25) is 15.0 Å². The van der Waals surface area contributed by atoms with Crippen LogP contribution < -0.4 is 0 Å². The molecule has 1 aliphatic heterocycles. The Morgan fingerprint density at radius 2 is 1.93 bits per heavy atom. The third kappa shape index (κ3) is 3.48. The van der Waals surface area contributed by atoms with Gasteiger partial charge in [0.1, 0.15) is 5.82 Å². The quantitative estimate of drug-likeness (QED) is 0.504. The normalized spacial score (nSPS) is 17.3. The smallest absolute Gasteiger partial charge is 0.269 e. The molecule has 0 saturated carbocycles. The highest BCUT2D eigenvalue weighted by atomic mass is 19.1. The topological polar surface area (TPSA) is 51.3 Å². The first-order valence-corrected chi connectivity index (χ1v) is 9.00. The summed E-state index contributed by atoms with van der Waals surface area (Å²) >= 11 is 0. The summed E-state index contributed by atoms with van der Waals surface area (Å²) in [5, 5.41) is 11.3. The average molecular weight is 365 g/mol. The molecule has 1 aliphatic rings. The van der Waals surface area contributed by atoms with Gasteiger partial charge in [-0.1, -0.05) is 30.3 Å². The minimum absolute atomic E-state index is 0.0701. The zero-order valence-corrected chi connectivity index (χ0v) is 14.8. The van der Waals surface area contributed by atoms with Gasteiger partial charge in [0.05, 0.1) is 11.0 Å². The van der Waals surface area contributed by atoms with Crippen molar-refractivity contribution in [1.82, 2.24) is 9.47 Å². The highest BCUT2D eigenvalue weighted by Crippen LogP contribution is 2.34. The summed E-state index contributed by atoms with van der Waals surface area (Å²) in [5.41, 5.74) is 2.63. The molecule has 1 atom stereocenters. The Morgan fingerprint density at radius 1 is 1.07 bits per heavy atom. The SMILES string of the molecule is O=[N+]([O-])c1cccc(C2c3cccn3CCCN2Cc2ccccc2F)c1. The summed E-state index contributed by atoms with van der Waals surface area (Å²) in [6, 6.07) is 17.4. The van der Waals surface area contributed by atoms with E-state index in [2.05, 4.69) is 9.47 Å². The molecule has 1 aromatic heterocycles. The van der Waals surface area contributed by atoms with Crippen LogP contribution in [0.3, 0.4) is 0 Å². The van der Waals surface area contributed by atoms with Crippen molar-refractivity contribution in [3.8, 4) is 0 Å². The summed E-state index contributed by atoms with van der Waals surface area (Å²) in [7, 11) is 0. The van der Waals surface area contributed by atoms with Crippen LogP contribution in [0.4, 0.5) is 10.1 Å². The van der Waals surface area contributed by atoms with Crippen molar-refractivity contribution in [2.45, 2.75) is 25.6 Å². The third-order valence-electron chi connectivity index (χ3n) is 5.08. The number of rotatable bonds is 4. The number of nitrogens with zero attached hydrogens (tertiary/aromatic N) is 3. The monoisotopic (exact) mass is 365 g/mol. The van der Waals surface area contributed by atoms with E-state index in [4.69, 9.17) is 0 Å². The molecule has 3 aromatic rings. The van der Waals surface area contributed by atoms with Crippen LogP contribution in [0.15, 0.2) is 66.9 Å². The number of hydrogen-bond acceptors (Lipinski definition) is 3. The molecule has 0 spiro atoms. The summed E-state index contributed by atoms with van der Waals surface area (Å²) < 4.78 is 16.4.